The van der Waals surface area contributed by atoms with Crippen LogP contribution in [0.4, 0.5) is 5.69 Å². The lowest BCUT2D eigenvalue weighted by Gasteiger charge is -2.21. The molecule has 0 bridgehead atoms. The van der Waals surface area contributed by atoms with Crippen LogP contribution in [0.1, 0.15) is 22.6 Å². The quantitative estimate of drug-likeness (QED) is 0.128. The lowest BCUT2D eigenvalue weighted by molar-refractivity contribution is 1.11. The average Bonchev–Trinajstić information content (AvgIpc) is 3.85. The molecule has 0 aromatic heterocycles. The van der Waals surface area contributed by atoms with Gasteiger partial charge in [0.25, 0.3) is 0 Å². The average molecular weight is 902 g/mol. The molecule has 1 unspecified atom stereocenters. The smallest absolute Gasteiger partial charge is 0.0675 e. The first kappa shape index (κ1) is 42.0. The summed E-state index contributed by atoms with van der Waals surface area (Å²) in [6.07, 6.45) is 0. The van der Waals surface area contributed by atoms with Crippen molar-refractivity contribution < 1.29 is 0 Å². The van der Waals surface area contributed by atoms with Crippen LogP contribution in [-0.2, 0) is 0 Å². The number of rotatable bonds is 9. The normalized spacial score (nSPS) is 13.0. The van der Waals surface area contributed by atoms with E-state index in [1.54, 1.807) is 0 Å². The third-order valence-corrected chi connectivity index (χ3v) is 14.3. The molecule has 1 aliphatic heterocycles. The van der Waals surface area contributed by atoms with Gasteiger partial charge in [-0.3, -0.25) is 4.99 Å². The summed E-state index contributed by atoms with van der Waals surface area (Å²) in [6, 6.07) is 102. The molecule has 0 saturated heterocycles. The topological polar surface area (TPSA) is 12.4 Å². The van der Waals surface area contributed by atoms with Gasteiger partial charge < -0.3 is 0 Å². The van der Waals surface area contributed by atoms with Gasteiger partial charge in [-0.2, -0.15) is 0 Å². The fourth-order valence-electron chi connectivity index (χ4n) is 10.9. The van der Waals surface area contributed by atoms with E-state index in [0.29, 0.717) is 0 Å². The zero-order valence-corrected chi connectivity index (χ0v) is 39.1. The second-order valence-electron chi connectivity index (χ2n) is 18.6. The highest BCUT2D eigenvalue weighted by Gasteiger charge is 2.29. The first-order valence-electron chi connectivity index (χ1n) is 24.5. The minimum Gasteiger partial charge on any atom is -0.252 e. The second-order valence-corrected chi connectivity index (χ2v) is 18.6. The molecule has 0 saturated carbocycles. The SMILES string of the molecule is c1ccc(-c2cc(-c3ccccc3)cc(-c3c4ccccc4c(-c4cc(-c5ccccc5)cc(-c5ccccc5)c4)c4cc(-c5ccc(C6=Nc7ccccc7C6c6ccccc6)cc5)ccc34)c2)cc1. The lowest BCUT2D eigenvalue weighted by atomic mass is 9.82. The van der Waals surface area contributed by atoms with Gasteiger partial charge in [-0.25, -0.2) is 0 Å². The van der Waals surface area contributed by atoms with Crippen LogP contribution in [0.5, 0.6) is 0 Å². The van der Waals surface area contributed by atoms with Crippen molar-refractivity contribution in [3.8, 4) is 77.9 Å². The standard InChI is InChI=1S/C70H47N/c1-6-20-47(21-7-1)55-40-56(48-22-8-2-9-23-48)43-59(42-55)67-61-30-16-17-31-62(61)68(60-44-57(49-24-10-3-11-25-49)41-58(45-60)50-26-12-4-13-27-50)65-46-54(38-39-63(65)67)51-34-36-53(37-35-51)70-69(52-28-14-5-15-29-52)64-32-18-19-33-66(64)71-70/h1-46,69H. The summed E-state index contributed by atoms with van der Waals surface area (Å²) < 4.78 is 0. The summed E-state index contributed by atoms with van der Waals surface area (Å²) >= 11 is 0. The predicted molar refractivity (Wildman–Crippen MR) is 300 cm³/mol. The van der Waals surface area contributed by atoms with Gasteiger partial charge in [-0.1, -0.05) is 231 Å². The molecule has 71 heavy (non-hydrogen) atoms. The van der Waals surface area contributed by atoms with E-state index < -0.39 is 0 Å². The minimum atomic E-state index is 0.0726. The minimum absolute atomic E-state index is 0.0726. The van der Waals surface area contributed by atoms with Gasteiger partial charge in [-0.15, -0.1) is 0 Å². The molecule has 1 heterocycles. The molecule has 1 atom stereocenters. The Bertz CT molecular complexity index is 3820. The van der Waals surface area contributed by atoms with Crippen molar-refractivity contribution in [3.05, 3.63) is 296 Å². The van der Waals surface area contributed by atoms with Gasteiger partial charge in [0, 0.05) is 0 Å². The molecule has 1 heteroatoms. The van der Waals surface area contributed by atoms with Crippen LogP contribution in [0.2, 0.25) is 0 Å². The number of hydrogen-bond acceptors (Lipinski definition) is 1. The van der Waals surface area contributed by atoms with Crippen LogP contribution in [0.15, 0.2) is 284 Å². The van der Waals surface area contributed by atoms with Crippen LogP contribution in [0.25, 0.3) is 99.4 Å². The molecule has 332 valence electrons. The molecule has 0 N–H and O–H groups in total. The van der Waals surface area contributed by atoms with Crippen molar-refractivity contribution in [2.24, 2.45) is 4.99 Å². The summed E-state index contributed by atoms with van der Waals surface area (Å²) in [4.78, 5) is 5.26. The van der Waals surface area contributed by atoms with Crippen LogP contribution in [-0.4, -0.2) is 5.71 Å². The van der Waals surface area contributed by atoms with E-state index in [9.17, 15) is 0 Å². The van der Waals surface area contributed by atoms with Crippen LogP contribution in [0, 0.1) is 0 Å². The molecule has 0 radical (unpaired) electrons. The summed E-state index contributed by atoms with van der Waals surface area (Å²) in [7, 11) is 0. The van der Waals surface area contributed by atoms with E-state index in [1.165, 1.54) is 99.4 Å². The number of para-hydroxylation sites is 1. The number of fused-ring (bicyclic) bond motifs is 3. The third kappa shape index (κ3) is 7.84. The van der Waals surface area contributed by atoms with E-state index in [1.807, 2.05) is 0 Å². The highest BCUT2D eigenvalue weighted by Crippen LogP contribution is 2.48. The highest BCUT2D eigenvalue weighted by atomic mass is 14.8. The fraction of sp³-hybridized carbons (Fsp3) is 0.0143. The van der Waals surface area contributed by atoms with Crippen molar-refractivity contribution in [3.63, 3.8) is 0 Å². The van der Waals surface area contributed by atoms with Crippen molar-refractivity contribution in [1.29, 1.82) is 0 Å². The Labute approximate surface area is 415 Å². The van der Waals surface area contributed by atoms with Crippen LogP contribution < -0.4 is 0 Å². The van der Waals surface area contributed by atoms with Crippen LogP contribution in [0.3, 0.4) is 0 Å². The molecule has 0 amide bonds. The molecule has 0 aliphatic carbocycles. The Morgan fingerprint density at radius 3 is 1.07 bits per heavy atom. The first-order valence-corrected chi connectivity index (χ1v) is 24.5. The molecule has 1 aliphatic rings. The molecule has 12 aromatic carbocycles. The van der Waals surface area contributed by atoms with Crippen molar-refractivity contribution in [2.75, 3.05) is 0 Å². The maximum absolute atomic E-state index is 5.26. The van der Waals surface area contributed by atoms with E-state index in [2.05, 4.69) is 279 Å². The van der Waals surface area contributed by atoms with Crippen LogP contribution >= 0.6 is 0 Å². The summed E-state index contributed by atoms with van der Waals surface area (Å²) in [5.41, 5.74) is 22.4. The van der Waals surface area contributed by atoms with Gasteiger partial charge in [0.15, 0.2) is 0 Å². The maximum atomic E-state index is 5.26. The Hall–Kier alpha value is -9.17. The molecular formula is C70H47N. The van der Waals surface area contributed by atoms with Gasteiger partial charge in [0.05, 0.1) is 17.3 Å². The maximum Gasteiger partial charge on any atom is 0.0675 e. The number of benzene rings is 12. The number of nitrogens with zero attached hydrogens (tertiary/aromatic N) is 1. The predicted octanol–water partition coefficient (Wildman–Crippen LogP) is 18.9. The van der Waals surface area contributed by atoms with E-state index in [0.717, 1.165) is 28.1 Å². The molecule has 1 nitrogen and oxygen atoms in total. The Kier molecular flexibility index (Phi) is 10.7. The highest BCUT2D eigenvalue weighted by molar-refractivity contribution is 6.22. The summed E-state index contributed by atoms with van der Waals surface area (Å²) in [5.74, 6) is 0.0726. The van der Waals surface area contributed by atoms with Gasteiger partial charge in [0.1, 0.15) is 0 Å². The zero-order valence-electron chi connectivity index (χ0n) is 39.1. The largest absolute Gasteiger partial charge is 0.252 e. The second kappa shape index (κ2) is 18.1. The number of hydrogen-bond donors (Lipinski definition) is 0. The van der Waals surface area contributed by atoms with Crippen molar-refractivity contribution in [2.45, 2.75) is 5.92 Å². The fourth-order valence-corrected chi connectivity index (χ4v) is 10.9. The third-order valence-electron chi connectivity index (χ3n) is 14.3. The zero-order chi connectivity index (χ0) is 47.1. The van der Waals surface area contributed by atoms with Crippen molar-refractivity contribution >= 4 is 32.9 Å². The van der Waals surface area contributed by atoms with Crippen molar-refractivity contribution in [1.82, 2.24) is 0 Å². The lowest BCUT2D eigenvalue weighted by Crippen LogP contribution is -2.11. The molecule has 0 fully saturated rings. The van der Waals surface area contributed by atoms with E-state index in [4.69, 9.17) is 4.99 Å². The molecular weight excluding hydrogens is 855 g/mol. The number of aliphatic imine (C=N–C) groups is 1. The van der Waals surface area contributed by atoms with E-state index >= 15 is 0 Å². The van der Waals surface area contributed by atoms with Gasteiger partial charge in [0.2, 0.25) is 0 Å². The molecule has 12 aromatic rings. The Balaban J connectivity index is 1.05. The Morgan fingerprint density at radius 1 is 0.225 bits per heavy atom. The van der Waals surface area contributed by atoms with Gasteiger partial charge in [-0.05, 0) is 165 Å². The van der Waals surface area contributed by atoms with E-state index in [-0.39, 0.29) is 5.92 Å². The summed E-state index contributed by atoms with van der Waals surface area (Å²) in [6.45, 7) is 0. The monoisotopic (exact) mass is 901 g/mol. The van der Waals surface area contributed by atoms with Gasteiger partial charge >= 0.3 is 0 Å². The summed E-state index contributed by atoms with van der Waals surface area (Å²) in [5, 5.41) is 4.84. The molecule has 13 rings (SSSR count). The first-order chi connectivity index (χ1) is 35.2. The Morgan fingerprint density at radius 2 is 0.577 bits per heavy atom. The molecule has 0 spiro atoms.